The Morgan fingerprint density at radius 1 is 1.10 bits per heavy atom. The molecule has 148 valence electrons. The van der Waals surface area contributed by atoms with E-state index in [-0.39, 0.29) is 32.4 Å². The summed E-state index contributed by atoms with van der Waals surface area (Å²) in [6.45, 7) is 1.35. The number of fused-ring (bicyclic) bond motifs is 1. The third-order valence-corrected chi connectivity index (χ3v) is 4.82. The fraction of sp³-hybridized carbons (Fsp3) is 0.100. The lowest BCUT2D eigenvalue weighted by atomic mass is 9.83. The van der Waals surface area contributed by atoms with Gasteiger partial charge in [0.05, 0.1) is 10.4 Å². The summed E-state index contributed by atoms with van der Waals surface area (Å²) in [6, 6.07) is 8.97. The number of anilines is 1. The summed E-state index contributed by atoms with van der Waals surface area (Å²) in [5.74, 6) is -2.85. The lowest BCUT2D eigenvalue weighted by Gasteiger charge is -2.25. The second kappa shape index (κ2) is 7.69. The Hall–Kier alpha value is -3.16. The van der Waals surface area contributed by atoms with Crippen molar-refractivity contribution in [1.29, 1.82) is 0 Å². The first-order valence-corrected chi connectivity index (χ1v) is 9.03. The van der Waals surface area contributed by atoms with Crippen LogP contribution in [0.5, 0.6) is 0 Å². The minimum absolute atomic E-state index is 0.0938. The molecule has 2 aromatic carbocycles. The van der Waals surface area contributed by atoms with Crippen molar-refractivity contribution in [2.75, 3.05) is 5.32 Å². The van der Waals surface area contributed by atoms with E-state index in [1.807, 2.05) is 0 Å². The number of halogens is 2. The van der Waals surface area contributed by atoms with Crippen molar-refractivity contribution in [3.05, 3.63) is 74.7 Å². The Kier molecular flexibility index (Phi) is 5.46. The van der Waals surface area contributed by atoms with Gasteiger partial charge in [-0.05, 0) is 35.9 Å². The van der Waals surface area contributed by atoms with Crippen molar-refractivity contribution in [2.24, 2.45) is 4.99 Å². The van der Waals surface area contributed by atoms with Gasteiger partial charge in [-0.3, -0.25) is 9.79 Å². The molecular weight excluding hydrogens is 419 g/mol. The molecule has 0 fully saturated rings. The molecule has 0 bridgehead atoms. The zero-order chi connectivity index (χ0) is 21.3. The third-order valence-electron chi connectivity index (χ3n) is 4.31. The summed E-state index contributed by atoms with van der Waals surface area (Å²) in [7, 11) is 0. The number of carbonyl (C=O) groups is 3. The van der Waals surface area contributed by atoms with Gasteiger partial charge in [0.2, 0.25) is 11.4 Å². The summed E-state index contributed by atoms with van der Waals surface area (Å²) in [4.78, 5) is 39.2. The predicted molar refractivity (Wildman–Crippen MR) is 107 cm³/mol. The maximum atomic E-state index is 12.5. The van der Waals surface area contributed by atoms with Crippen molar-refractivity contribution < 1.29 is 24.6 Å². The molecule has 1 unspecified atom stereocenters. The fourth-order valence-corrected chi connectivity index (χ4v) is 3.78. The molecule has 0 saturated carbocycles. The summed E-state index contributed by atoms with van der Waals surface area (Å²) < 4.78 is 0. The van der Waals surface area contributed by atoms with Gasteiger partial charge in [-0.2, -0.15) is 0 Å². The summed E-state index contributed by atoms with van der Waals surface area (Å²) in [6.07, 6.45) is 2.00. The SMILES string of the molecule is CC(=O)Nc1ccc(C2(C(=O)O)N=c3cc(Cl)cc(Cl)c3=C2/C=C\C(=O)O)cc1. The molecule has 1 atom stereocenters. The van der Waals surface area contributed by atoms with Gasteiger partial charge >= 0.3 is 11.9 Å². The van der Waals surface area contributed by atoms with Crippen LogP contribution in [0.4, 0.5) is 5.69 Å². The van der Waals surface area contributed by atoms with Gasteiger partial charge in [0.1, 0.15) is 0 Å². The van der Waals surface area contributed by atoms with Crippen LogP contribution in [-0.4, -0.2) is 28.1 Å². The number of hydrogen-bond acceptors (Lipinski definition) is 4. The van der Waals surface area contributed by atoms with E-state index in [4.69, 9.17) is 28.3 Å². The molecule has 0 spiro atoms. The number of rotatable bonds is 5. The van der Waals surface area contributed by atoms with E-state index in [2.05, 4.69) is 10.3 Å². The third kappa shape index (κ3) is 3.74. The van der Waals surface area contributed by atoms with E-state index in [0.29, 0.717) is 10.9 Å². The minimum atomic E-state index is -1.93. The Labute approximate surface area is 174 Å². The maximum Gasteiger partial charge on any atom is 0.341 e. The van der Waals surface area contributed by atoms with Crippen LogP contribution < -0.4 is 15.9 Å². The molecule has 1 heterocycles. The standard InChI is InChI=1S/C20H14Cl2N2O5/c1-10(25)23-13-4-2-11(3-5-13)20(19(28)29)14(6-7-17(26)27)18-15(22)8-12(21)9-16(18)24-20/h2-9H,1H3,(H,23,25)(H,26,27)(H,28,29)/b7-6-. The van der Waals surface area contributed by atoms with E-state index in [0.717, 1.165) is 6.08 Å². The summed E-state index contributed by atoms with van der Waals surface area (Å²) in [5, 5.41) is 22.8. The van der Waals surface area contributed by atoms with Gasteiger partial charge in [-0.15, -0.1) is 0 Å². The molecule has 0 aliphatic carbocycles. The molecular formula is C20H14Cl2N2O5. The number of carbonyl (C=O) groups excluding carboxylic acids is 1. The second-order valence-electron chi connectivity index (χ2n) is 6.25. The molecule has 1 aliphatic rings. The number of benzene rings is 2. The zero-order valence-electron chi connectivity index (χ0n) is 14.9. The summed E-state index contributed by atoms with van der Waals surface area (Å²) in [5.41, 5.74) is -1.11. The maximum absolute atomic E-state index is 12.5. The highest BCUT2D eigenvalue weighted by molar-refractivity contribution is 6.34. The molecule has 2 aromatic rings. The Morgan fingerprint density at radius 3 is 2.31 bits per heavy atom. The number of aliphatic carboxylic acids is 2. The molecule has 0 saturated heterocycles. The van der Waals surface area contributed by atoms with Gasteiger partial charge in [-0.25, -0.2) is 9.59 Å². The second-order valence-corrected chi connectivity index (χ2v) is 7.10. The number of carboxylic acids is 2. The lowest BCUT2D eigenvalue weighted by molar-refractivity contribution is -0.141. The van der Waals surface area contributed by atoms with E-state index < -0.39 is 17.5 Å². The number of nitrogens with one attached hydrogen (secondary N) is 1. The Bertz CT molecular complexity index is 1190. The van der Waals surface area contributed by atoms with Crippen LogP contribution in [-0.2, 0) is 19.9 Å². The highest BCUT2D eigenvalue weighted by Gasteiger charge is 2.46. The molecule has 0 radical (unpaired) electrons. The Balaban J connectivity index is 2.33. The molecule has 7 nitrogen and oxygen atoms in total. The lowest BCUT2D eigenvalue weighted by Crippen LogP contribution is -2.34. The van der Waals surface area contributed by atoms with E-state index in [1.54, 1.807) is 0 Å². The van der Waals surface area contributed by atoms with Crippen molar-refractivity contribution in [3.63, 3.8) is 0 Å². The summed E-state index contributed by atoms with van der Waals surface area (Å²) >= 11 is 12.3. The van der Waals surface area contributed by atoms with Gasteiger partial charge in [0.25, 0.3) is 0 Å². The minimum Gasteiger partial charge on any atom is -0.479 e. The molecule has 0 aromatic heterocycles. The van der Waals surface area contributed by atoms with Crippen LogP contribution >= 0.6 is 23.2 Å². The fourth-order valence-electron chi connectivity index (χ4n) is 3.20. The average molecular weight is 433 g/mol. The molecule has 3 N–H and O–H groups in total. The van der Waals surface area contributed by atoms with E-state index >= 15 is 0 Å². The normalized spacial score (nSPS) is 17.7. The molecule has 3 rings (SSSR count). The van der Waals surface area contributed by atoms with Crippen LogP contribution in [0.15, 0.2) is 53.5 Å². The van der Waals surface area contributed by atoms with Crippen molar-refractivity contribution >= 4 is 52.3 Å². The van der Waals surface area contributed by atoms with Crippen molar-refractivity contribution in [1.82, 2.24) is 0 Å². The smallest absolute Gasteiger partial charge is 0.341 e. The largest absolute Gasteiger partial charge is 0.479 e. The number of amides is 1. The molecule has 29 heavy (non-hydrogen) atoms. The van der Waals surface area contributed by atoms with Gasteiger partial charge in [0.15, 0.2) is 0 Å². The average Bonchev–Trinajstić information content (AvgIpc) is 2.95. The van der Waals surface area contributed by atoms with Crippen molar-refractivity contribution in [2.45, 2.75) is 12.5 Å². The molecule has 9 heteroatoms. The van der Waals surface area contributed by atoms with Gasteiger partial charge < -0.3 is 15.5 Å². The van der Waals surface area contributed by atoms with Crippen molar-refractivity contribution in [3.8, 4) is 0 Å². The quantitative estimate of drug-likeness (QED) is 0.627. The number of hydrogen-bond donors (Lipinski definition) is 3. The van der Waals surface area contributed by atoms with Crippen LogP contribution in [0, 0.1) is 0 Å². The van der Waals surface area contributed by atoms with Gasteiger partial charge in [0, 0.05) is 34.5 Å². The first-order chi connectivity index (χ1) is 13.6. The topological polar surface area (TPSA) is 116 Å². The molecule has 1 amide bonds. The monoisotopic (exact) mass is 432 g/mol. The highest BCUT2D eigenvalue weighted by atomic mass is 35.5. The van der Waals surface area contributed by atoms with Crippen LogP contribution in [0.25, 0.3) is 5.57 Å². The number of carboxylic acid groups (broad SMARTS) is 2. The zero-order valence-corrected chi connectivity index (χ0v) is 16.5. The predicted octanol–water partition coefficient (Wildman–Crippen LogP) is 2.36. The highest BCUT2D eigenvalue weighted by Crippen LogP contribution is 2.38. The van der Waals surface area contributed by atoms with Crippen LogP contribution in [0.2, 0.25) is 10.0 Å². The number of nitrogens with zero attached hydrogens (tertiary/aromatic N) is 1. The van der Waals surface area contributed by atoms with E-state index in [1.165, 1.54) is 49.4 Å². The van der Waals surface area contributed by atoms with Gasteiger partial charge in [-0.1, -0.05) is 35.3 Å². The molecule has 1 aliphatic heterocycles. The Morgan fingerprint density at radius 2 is 1.76 bits per heavy atom. The van der Waals surface area contributed by atoms with E-state index in [9.17, 15) is 19.5 Å². The van der Waals surface area contributed by atoms with Crippen LogP contribution in [0.3, 0.4) is 0 Å². The first-order valence-electron chi connectivity index (χ1n) is 8.27. The first kappa shape index (κ1) is 20.6. The van der Waals surface area contributed by atoms with Crippen LogP contribution in [0.1, 0.15) is 12.5 Å².